The normalized spacial score (nSPS) is 12.7. The van der Waals surface area contributed by atoms with Gasteiger partial charge in [-0.2, -0.15) is 0 Å². The number of ketones is 1. The first-order valence-electron chi connectivity index (χ1n) is 9.63. The summed E-state index contributed by atoms with van der Waals surface area (Å²) in [5.74, 6) is 1.88. The second-order valence-electron chi connectivity index (χ2n) is 6.56. The number of rotatable bonds is 6. The van der Waals surface area contributed by atoms with Crippen LogP contribution in [0.15, 0.2) is 65.1 Å². The molecule has 6 heteroatoms. The van der Waals surface area contributed by atoms with E-state index in [-0.39, 0.29) is 11.8 Å². The van der Waals surface area contributed by atoms with Crippen LogP contribution in [-0.2, 0) is 4.74 Å². The number of hydrogen-bond acceptors (Lipinski definition) is 6. The van der Waals surface area contributed by atoms with Gasteiger partial charge in [-0.25, -0.2) is 4.79 Å². The third-order valence-electron chi connectivity index (χ3n) is 4.53. The Morgan fingerprint density at radius 3 is 2.43 bits per heavy atom. The molecule has 0 bridgehead atoms. The lowest BCUT2D eigenvalue weighted by Crippen LogP contribution is -2.15. The Bertz CT molecular complexity index is 1090. The smallest absolute Gasteiger partial charge is 0.338 e. The minimum atomic E-state index is -0.357. The predicted molar refractivity (Wildman–Crippen MR) is 111 cm³/mol. The largest absolute Gasteiger partial charge is 0.486 e. The quantitative estimate of drug-likeness (QED) is 0.334. The summed E-state index contributed by atoms with van der Waals surface area (Å²) in [6.07, 6.45) is 3.08. The van der Waals surface area contributed by atoms with Crippen LogP contribution in [0, 0.1) is 0 Å². The molecule has 2 heterocycles. The van der Waals surface area contributed by atoms with E-state index in [0.29, 0.717) is 54.0 Å². The van der Waals surface area contributed by atoms with Crippen LogP contribution in [0.5, 0.6) is 11.5 Å². The third-order valence-corrected chi connectivity index (χ3v) is 4.53. The number of hydrogen-bond donors (Lipinski definition) is 0. The summed E-state index contributed by atoms with van der Waals surface area (Å²) in [6.45, 7) is 3.07. The van der Waals surface area contributed by atoms with Gasteiger partial charge in [-0.1, -0.05) is 12.1 Å². The lowest BCUT2D eigenvalue weighted by Gasteiger charge is -2.18. The van der Waals surface area contributed by atoms with Crippen LogP contribution >= 0.6 is 0 Å². The Labute approximate surface area is 173 Å². The highest BCUT2D eigenvalue weighted by atomic mass is 16.6. The lowest BCUT2D eigenvalue weighted by molar-refractivity contribution is 0.0526. The van der Waals surface area contributed by atoms with Crippen molar-refractivity contribution in [1.82, 2.24) is 0 Å². The van der Waals surface area contributed by atoms with Crippen molar-refractivity contribution in [1.29, 1.82) is 0 Å². The molecule has 0 saturated heterocycles. The predicted octanol–water partition coefficient (Wildman–Crippen LogP) is 4.79. The van der Waals surface area contributed by atoms with Gasteiger partial charge in [0.2, 0.25) is 0 Å². The summed E-state index contributed by atoms with van der Waals surface area (Å²) in [7, 11) is 0. The van der Waals surface area contributed by atoms with Crippen LogP contribution in [0.1, 0.15) is 33.4 Å². The molecule has 152 valence electrons. The second-order valence-corrected chi connectivity index (χ2v) is 6.56. The lowest BCUT2D eigenvalue weighted by atomic mass is 10.1. The van der Waals surface area contributed by atoms with Gasteiger partial charge in [-0.15, -0.1) is 0 Å². The standard InChI is InChI=1S/C24H20O6/c1-2-27-24(26)17-5-3-16(4-6-17)21-12-9-19(30-21)8-10-20(25)18-7-11-22-23(15-18)29-14-13-28-22/h3-12,15H,2,13-14H2,1H3/b10-8+. The molecule has 0 N–H and O–H groups in total. The van der Waals surface area contributed by atoms with Gasteiger partial charge in [-0.05, 0) is 61.5 Å². The Morgan fingerprint density at radius 1 is 0.933 bits per heavy atom. The molecule has 1 aliphatic rings. The molecule has 6 nitrogen and oxygen atoms in total. The SMILES string of the molecule is CCOC(=O)c1ccc(-c2ccc(/C=C/C(=O)c3ccc4c(c3)OCCO4)o2)cc1. The van der Waals surface area contributed by atoms with Gasteiger partial charge < -0.3 is 18.6 Å². The van der Waals surface area contributed by atoms with Crippen LogP contribution in [0.4, 0.5) is 0 Å². The van der Waals surface area contributed by atoms with Crippen LogP contribution in [-0.4, -0.2) is 31.6 Å². The molecule has 0 spiro atoms. The van der Waals surface area contributed by atoms with Crippen molar-refractivity contribution in [2.75, 3.05) is 19.8 Å². The zero-order valence-corrected chi connectivity index (χ0v) is 16.4. The van der Waals surface area contributed by atoms with E-state index in [0.717, 1.165) is 5.56 Å². The summed E-state index contributed by atoms with van der Waals surface area (Å²) >= 11 is 0. The van der Waals surface area contributed by atoms with Gasteiger partial charge in [0.25, 0.3) is 0 Å². The monoisotopic (exact) mass is 404 g/mol. The molecule has 0 amide bonds. The number of benzene rings is 2. The van der Waals surface area contributed by atoms with Gasteiger partial charge >= 0.3 is 5.97 Å². The highest BCUT2D eigenvalue weighted by molar-refractivity contribution is 6.07. The number of furan rings is 1. The fraction of sp³-hybridized carbons (Fsp3) is 0.167. The molecule has 0 atom stereocenters. The number of carbonyl (C=O) groups excluding carboxylic acids is 2. The molecular formula is C24H20O6. The topological polar surface area (TPSA) is 75.0 Å². The van der Waals surface area contributed by atoms with Gasteiger partial charge in [0.1, 0.15) is 24.7 Å². The van der Waals surface area contributed by atoms with Crippen LogP contribution in [0.25, 0.3) is 17.4 Å². The third kappa shape index (κ3) is 4.27. The molecule has 30 heavy (non-hydrogen) atoms. The molecule has 0 saturated carbocycles. The maximum absolute atomic E-state index is 12.5. The van der Waals surface area contributed by atoms with E-state index in [1.54, 1.807) is 61.5 Å². The summed E-state index contributed by atoms with van der Waals surface area (Å²) in [6, 6.07) is 15.7. The molecule has 0 unspecified atom stereocenters. The number of carbonyl (C=O) groups is 2. The highest BCUT2D eigenvalue weighted by Gasteiger charge is 2.14. The first-order chi connectivity index (χ1) is 14.6. The van der Waals surface area contributed by atoms with Crippen molar-refractivity contribution < 1.29 is 28.2 Å². The highest BCUT2D eigenvalue weighted by Crippen LogP contribution is 2.31. The zero-order chi connectivity index (χ0) is 20.9. The van der Waals surface area contributed by atoms with Crippen molar-refractivity contribution in [3.8, 4) is 22.8 Å². The molecule has 4 rings (SSSR count). The van der Waals surface area contributed by atoms with Crippen LogP contribution < -0.4 is 9.47 Å². The average Bonchev–Trinajstić information content (AvgIpc) is 3.26. The second kappa shape index (κ2) is 8.69. The Hall–Kier alpha value is -3.80. The maximum atomic E-state index is 12.5. The number of fused-ring (bicyclic) bond motifs is 1. The van der Waals surface area contributed by atoms with E-state index in [2.05, 4.69) is 0 Å². The Kier molecular flexibility index (Phi) is 5.66. The van der Waals surface area contributed by atoms with Gasteiger partial charge in [0, 0.05) is 11.1 Å². The average molecular weight is 404 g/mol. The molecule has 0 aliphatic carbocycles. The zero-order valence-electron chi connectivity index (χ0n) is 16.4. The summed E-state index contributed by atoms with van der Waals surface area (Å²) in [5.41, 5.74) is 1.81. The van der Waals surface area contributed by atoms with Crippen LogP contribution in [0.3, 0.4) is 0 Å². The minimum absolute atomic E-state index is 0.163. The summed E-state index contributed by atoms with van der Waals surface area (Å²) in [5, 5.41) is 0. The maximum Gasteiger partial charge on any atom is 0.338 e. The molecule has 1 aromatic heterocycles. The minimum Gasteiger partial charge on any atom is -0.486 e. The molecule has 0 fully saturated rings. The number of esters is 1. The molecule has 0 radical (unpaired) electrons. The summed E-state index contributed by atoms with van der Waals surface area (Å²) < 4.78 is 21.8. The fourth-order valence-electron chi connectivity index (χ4n) is 3.03. The van der Waals surface area contributed by atoms with Crippen molar-refractivity contribution in [3.05, 3.63) is 77.6 Å². The van der Waals surface area contributed by atoms with E-state index in [4.69, 9.17) is 18.6 Å². The van der Waals surface area contributed by atoms with E-state index in [1.807, 2.05) is 6.07 Å². The van der Waals surface area contributed by atoms with Crippen molar-refractivity contribution in [2.45, 2.75) is 6.92 Å². The van der Waals surface area contributed by atoms with Crippen molar-refractivity contribution >= 4 is 17.8 Å². The van der Waals surface area contributed by atoms with E-state index >= 15 is 0 Å². The molecule has 3 aromatic rings. The first kappa shape index (κ1) is 19.5. The fourth-order valence-corrected chi connectivity index (χ4v) is 3.03. The number of ether oxygens (including phenoxy) is 3. The van der Waals surface area contributed by atoms with Gasteiger partial charge in [0.15, 0.2) is 17.3 Å². The van der Waals surface area contributed by atoms with E-state index in [9.17, 15) is 9.59 Å². The van der Waals surface area contributed by atoms with E-state index in [1.165, 1.54) is 6.08 Å². The van der Waals surface area contributed by atoms with Gasteiger partial charge in [-0.3, -0.25) is 4.79 Å². The van der Waals surface area contributed by atoms with Crippen LogP contribution in [0.2, 0.25) is 0 Å². The Balaban J connectivity index is 1.44. The van der Waals surface area contributed by atoms with Gasteiger partial charge in [0.05, 0.1) is 12.2 Å². The van der Waals surface area contributed by atoms with Crippen molar-refractivity contribution in [3.63, 3.8) is 0 Å². The number of allylic oxidation sites excluding steroid dienone is 1. The molecular weight excluding hydrogens is 384 g/mol. The Morgan fingerprint density at radius 2 is 1.67 bits per heavy atom. The summed E-state index contributed by atoms with van der Waals surface area (Å²) in [4.78, 5) is 24.2. The molecule has 2 aromatic carbocycles. The van der Waals surface area contributed by atoms with Crippen molar-refractivity contribution in [2.24, 2.45) is 0 Å². The first-order valence-corrected chi connectivity index (χ1v) is 9.63. The molecule has 1 aliphatic heterocycles. The van der Waals surface area contributed by atoms with E-state index < -0.39 is 0 Å².